The summed E-state index contributed by atoms with van der Waals surface area (Å²) in [6.07, 6.45) is 9.46. The first-order valence-corrected chi connectivity index (χ1v) is 18.4. The molecule has 0 bridgehead atoms. The van der Waals surface area contributed by atoms with Crippen LogP contribution in [0.15, 0.2) is 0 Å². The maximum Gasteiger partial charge on any atom is 0.0852 e. The minimum Gasteiger partial charge on any atom is -0.422 e. The second-order valence-electron chi connectivity index (χ2n) is 10.9. The minimum absolute atomic E-state index is 0. The van der Waals surface area contributed by atoms with Gasteiger partial charge in [-0.15, -0.1) is 32.2 Å². The van der Waals surface area contributed by atoms with Crippen molar-refractivity contribution < 1.29 is 73.5 Å². The van der Waals surface area contributed by atoms with Crippen molar-refractivity contribution >= 4 is 75.7 Å². The first-order valence-electron chi connectivity index (χ1n) is 10.8. The Labute approximate surface area is 285 Å². The monoisotopic (exact) mass is 1070 g/mol. The molecule has 0 saturated carbocycles. The van der Waals surface area contributed by atoms with Gasteiger partial charge < -0.3 is 19.7 Å². The van der Waals surface area contributed by atoms with Crippen molar-refractivity contribution in [2.45, 2.75) is 111 Å². The average Bonchev–Trinajstić information content (AvgIpc) is 3.05. The molecule has 0 aromatic carbocycles. The van der Waals surface area contributed by atoms with Crippen molar-refractivity contribution in [2.24, 2.45) is 16.7 Å². The Bertz CT molecular complexity index is 485. The zero-order chi connectivity index (χ0) is 23.7. The molecule has 7 atom stereocenters. The molecule has 197 valence electrons. The van der Waals surface area contributed by atoms with Gasteiger partial charge in [0.2, 0.25) is 0 Å². The normalized spacial score (nSPS) is 31.1. The summed E-state index contributed by atoms with van der Waals surface area (Å²) in [6.45, 7) is 17.1. The fraction of sp³-hybridized carbons (Fsp3) is 0.913. The van der Waals surface area contributed by atoms with Crippen molar-refractivity contribution in [3.63, 3.8) is 0 Å². The van der Waals surface area contributed by atoms with Crippen molar-refractivity contribution in [1.82, 2.24) is 0 Å². The molecule has 2 saturated heterocycles. The summed E-state index contributed by atoms with van der Waals surface area (Å²) in [5.74, 6) is 0.289. The summed E-state index contributed by atoms with van der Waals surface area (Å²) < 4.78 is 11.4. The van der Waals surface area contributed by atoms with Crippen LogP contribution in [0.2, 0.25) is 0 Å². The summed E-state index contributed by atoms with van der Waals surface area (Å²) in [5.41, 5.74) is 0.518. The first-order chi connectivity index (χ1) is 13.7. The maximum absolute atomic E-state index is 10.1. The fourth-order valence-electron chi connectivity index (χ4n) is 3.98. The van der Waals surface area contributed by atoms with E-state index < -0.39 is 0 Å². The molecule has 4 nitrogen and oxygen atoms in total. The predicted octanol–water partition coefficient (Wildman–Crippen LogP) is 7.11. The molecule has 2 aliphatic heterocycles. The van der Waals surface area contributed by atoms with Crippen LogP contribution < -0.4 is 0 Å². The summed E-state index contributed by atoms with van der Waals surface area (Å²) in [7, 11) is 1.17. The van der Waals surface area contributed by atoms with Crippen molar-refractivity contribution in [3.05, 3.63) is 6.42 Å². The molecule has 2 N–H and O–H groups in total. The number of ether oxygens (including phenoxy) is 2. The second-order valence-corrected chi connectivity index (χ2v) is 11.8. The molecule has 2 heterocycles. The smallest absolute Gasteiger partial charge is 0.0852 e. The van der Waals surface area contributed by atoms with Gasteiger partial charge in [0.15, 0.2) is 0 Å². The van der Waals surface area contributed by atoms with Crippen LogP contribution in [0.4, 0.5) is 0 Å². The number of hydrogen-bond donors (Lipinski definition) is 2. The first kappa shape index (κ1) is 44.0. The van der Waals surface area contributed by atoms with Gasteiger partial charge in [0.1, 0.15) is 0 Å². The topological polar surface area (TPSA) is 58.9 Å². The van der Waals surface area contributed by atoms with Gasteiger partial charge in [-0.25, -0.2) is 0 Å². The van der Waals surface area contributed by atoms with Crippen LogP contribution in [-0.2, 0) is 63.2 Å². The average molecular weight is 1070 g/mol. The molecule has 2 aliphatic rings. The molecular weight excluding hydrogens is 1020 g/mol. The molecule has 4 unspecified atom stereocenters. The van der Waals surface area contributed by atoms with Crippen LogP contribution in [0.3, 0.4) is 0 Å². The van der Waals surface area contributed by atoms with Crippen molar-refractivity contribution in [3.8, 4) is 0 Å². The van der Waals surface area contributed by atoms with Crippen LogP contribution in [0.1, 0.15) is 74.7 Å². The summed E-state index contributed by atoms with van der Waals surface area (Å²) in [5, 5.41) is 19.5. The van der Waals surface area contributed by atoms with Gasteiger partial charge in [0, 0.05) is 103 Å². The van der Waals surface area contributed by atoms with E-state index in [0.29, 0.717) is 0 Å². The Kier molecular flexibility index (Phi) is 29.0. The number of hydrogen-bond acceptors (Lipinski definition) is 4. The van der Waals surface area contributed by atoms with Crippen molar-refractivity contribution in [2.75, 3.05) is 6.16 Å². The predicted molar refractivity (Wildman–Crippen MR) is 164 cm³/mol. The molecule has 0 aromatic heterocycles. The van der Waals surface area contributed by atoms with Gasteiger partial charge in [-0.1, -0.05) is 60.4 Å². The van der Waals surface area contributed by atoms with Gasteiger partial charge in [-0.3, -0.25) is 6.42 Å². The van der Waals surface area contributed by atoms with Crippen LogP contribution in [-0.4, -0.2) is 59.3 Å². The maximum atomic E-state index is 10.1. The van der Waals surface area contributed by atoms with E-state index in [0.717, 1.165) is 25.4 Å². The summed E-state index contributed by atoms with van der Waals surface area (Å²) in [6, 6.07) is 0. The quantitative estimate of drug-likeness (QED) is 0.175. The van der Waals surface area contributed by atoms with E-state index in [2.05, 4.69) is 85.1 Å². The van der Waals surface area contributed by atoms with Gasteiger partial charge in [0.05, 0.1) is 18.3 Å². The molecule has 0 spiro atoms. The number of aliphatic hydroxyl groups excluding tert-OH is 2. The summed E-state index contributed by atoms with van der Waals surface area (Å²) in [4.78, 5) is 0. The Balaban J connectivity index is -0.000000224. The van der Waals surface area contributed by atoms with E-state index in [4.69, 9.17) is 9.47 Å². The number of aliphatic hydroxyl groups is 2. The Morgan fingerprint density at radius 2 is 1.42 bits per heavy atom. The molecule has 0 amide bonds. The van der Waals surface area contributed by atoms with Crippen LogP contribution in [0, 0.1) is 23.2 Å². The molecule has 1 radical (unpaired) electrons. The van der Waals surface area contributed by atoms with Crippen LogP contribution >= 0.6 is 69.4 Å². The molecular formula is C23H45I3O4PWY-. The van der Waals surface area contributed by atoms with E-state index in [1.807, 2.05) is 20.3 Å². The Hall–Kier alpha value is 3.99. The minimum atomic E-state index is -0.377. The standard InChI is InChI=1S/C13H25O2P.C10H19O2.I2.HI.W.Y/c1-9-12(14)10(8-13(2,3)4)11(15-9)6-7-16-5;1-7-9(11)5-8(12-7)6-10(2,3)4;1-2;;;/h9-12,14H,5-8H2,1-4H3;5,7-9,11H,6H2,1-4H3;;1H;;/q;-1;;;;/t9?,10-,11?,12+;7?,8?,9-;;;;/m11..../s1. The molecule has 33 heavy (non-hydrogen) atoms. The third-order valence-electron chi connectivity index (χ3n) is 5.30. The molecule has 0 aliphatic carbocycles. The molecule has 2 fully saturated rings. The zero-order valence-corrected chi connectivity index (χ0v) is 34.8. The second kappa shape index (κ2) is 21.8. The fourth-order valence-corrected chi connectivity index (χ4v) is 4.42. The Morgan fingerprint density at radius 1 is 0.939 bits per heavy atom. The third kappa shape index (κ3) is 19.7. The largest absolute Gasteiger partial charge is 0.422 e. The van der Waals surface area contributed by atoms with E-state index in [1.165, 1.54) is 8.20 Å². The number of halogens is 3. The SMILES string of the molecule is C=PCCC1OC(C)[C@H](O)[C@@H]1CC(C)(C)C.CC1OC(CC(C)(C)C)[CH-][C@H]1O.I.II.[W].[Y]. The van der Waals surface area contributed by atoms with Gasteiger partial charge >= 0.3 is 0 Å². The van der Waals surface area contributed by atoms with E-state index >= 15 is 0 Å². The van der Waals surface area contributed by atoms with E-state index in [1.54, 1.807) is 0 Å². The zero-order valence-electron chi connectivity index (χ0n) is 21.5. The van der Waals surface area contributed by atoms with Gasteiger partial charge in [0.25, 0.3) is 0 Å². The third-order valence-corrected chi connectivity index (χ3v) is 5.88. The Morgan fingerprint density at radius 3 is 1.79 bits per heavy atom. The molecule has 10 heteroatoms. The molecule has 2 rings (SSSR count). The van der Waals surface area contributed by atoms with Crippen molar-refractivity contribution in [1.29, 1.82) is 0 Å². The van der Waals surface area contributed by atoms with Crippen LogP contribution in [0.25, 0.3) is 0 Å². The summed E-state index contributed by atoms with van der Waals surface area (Å²) >= 11 is 4.24. The van der Waals surface area contributed by atoms with E-state index in [9.17, 15) is 10.2 Å². The molecule has 0 aromatic rings. The van der Waals surface area contributed by atoms with Gasteiger partial charge in [-0.2, -0.15) is 0 Å². The van der Waals surface area contributed by atoms with Gasteiger partial charge in [-0.05, 0) is 49.8 Å². The van der Waals surface area contributed by atoms with Crippen LogP contribution in [0.5, 0.6) is 0 Å². The van der Waals surface area contributed by atoms with E-state index in [-0.39, 0.29) is 131 Å². The number of rotatable bonds is 5.